The van der Waals surface area contributed by atoms with Gasteiger partial charge in [-0.3, -0.25) is 0 Å². The molecular weight excluding hydrogens is 110 g/mol. The molecule has 0 radical (unpaired) electrons. The van der Waals surface area contributed by atoms with Gasteiger partial charge in [0.1, 0.15) is 0 Å². The molecule has 1 nitrogen and oxygen atoms in total. The smallest absolute Gasteiger partial charge is 0.0258 e. The van der Waals surface area contributed by atoms with Crippen LogP contribution in [0.3, 0.4) is 0 Å². The molecule has 50 valence electrons. The van der Waals surface area contributed by atoms with E-state index in [1.807, 2.05) is 0 Å². The molecule has 0 amide bonds. The zero-order chi connectivity index (χ0) is 6.28. The van der Waals surface area contributed by atoms with E-state index in [2.05, 4.69) is 6.92 Å². The van der Waals surface area contributed by atoms with Crippen LogP contribution >= 0.6 is 0 Å². The van der Waals surface area contributed by atoms with Crippen molar-refractivity contribution in [3.8, 4) is 0 Å². The number of nitrogens with two attached hydrogens (primary N) is 1. The fourth-order valence-corrected chi connectivity index (χ4v) is 3.48. The Morgan fingerprint density at radius 2 is 2.33 bits per heavy atom. The van der Waals surface area contributed by atoms with Crippen molar-refractivity contribution in [3.05, 3.63) is 0 Å². The van der Waals surface area contributed by atoms with Gasteiger partial charge in [0, 0.05) is 5.54 Å². The van der Waals surface area contributed by atoms with Crippen molar-refractivity contribution < 1.29 is 0 Å². The summed E-state index contributed by atoms with van der Waals surface area (Å²) in [5, 5.41) is 0. The molecule has 2 N–H and O–H groups in total. The third-order valence-corrected chi connectivity index (χ3v) is 4.09. The quantitative estimate of drug-likeness (QED) is 0.513. The summed E-state index contributed by atoms with van der Waals surface area (Å²) in [4.78, 5) is 0. The third-order valence-electron chi connectivity index (χ3n) is 4.09. The molecule has 0 aliphatic heterocycles. The number of fused-ring (bicyclic) bond motifs is 1. The first-order valence-corrected chi connectivity index (χ1v) is 4.00. The van der Waals surface area contributed by atoms with Crippen LogP contribution in [0.4, 0.5) is 0 Å². The molecule has 3 rings (SSSR count). The topological polar surface area (TPSA) is 26.0 Å². The fourth-order valence-electron chi connectivity index (χ4n) is 3.48. The van der Waals surface area contributed by atoms with Crippen LogP contribution in [0.5, 0.6) is 0 Å². The maximum absolute atomic E-state index is 6.07. The highest BCUT2D eigenvalue weighted by Gasteiger charge is 2.91. The van der Waals surface area contributed by atoms with Crippen LogP contribution in [0.1, 0.15) is 26.2 Å². The maximum atomic E-state index is 6.07. The van der Waals surface area contributed by atoms with Gasteiger partial charge in [0.25, 0.3) is 0 Å². The molecule has 1 spiro atoms. The lowest BCUT2D eigenvalue weighted by Gasteiger charge is -2.09. The van der Waals surface area contributed by atoms with Gasteiger partial charge in [0.05, 0.1) is 0 Å². The summed E-state index contributed by atoms with van der Waals surface area (Å²) in [5.41, 5.74) is 7.16. The summed E-state index contributed by atoms with van der Waals surface area (Å²) in [6.45, 7) is 2.36. The van der Waals surface area contributed by atoms with Crippen molar-refractivity contribution in [2.75, 3.05) is 0 Å². The predicted octanol–water partition coefficient (Wildman–Crippen LogP) is 1.13. The van der Waals surface area contributed by atoms with Gasteiger partial charge >= 0.3 is 0 Å². The molecule has 9 heavy (non-hydrogen) atoms. The van der Waals surface area contributed by atoms with E-state index in [1.54, 1.807) is 0 Å². The van der Waals surface area contributed by atoms with E-state index in [0.29, 0.717) is 11.0 Å². The molecule has 4 unspecified atom stereocenters. The summed E-state index contributed by atoms with van der Waals surface area (Å²) in [5.74, 6) is 1.90. The zero-order valence-corrected chi connectivity index (χ0v) is 5.85. The molecule has 4 atom stereocenters. The summed E-state index contributed by atoms with van der Waals surface area (Å²) in [6, 6.07) is 0. The van der Waals surface area contributed by atoms with Crippen molar-refractivity contribution >= 4 is 0 Å². The van der Waals surface area contributed by atoms with Gasteiger partial charge in [-0.1, -0.05) is 6.92 Å². The van der Waals surface area contributed by atoms with Crippen molar-refractivity contribution in [2.45, 2.75) is 31.7 Å². The average molecular weight is 123 g/mol. The molecule has 3 aliphatic rings. The molecule has 0 aromatic carbocycles. The first kappa shape index (κ1) is 4.73. The Hall–Kier alpha value is -0.0400. The molecule has 3 aliphatic carbocycles. The van der Waals surface area contributed by atoms with E-state index < -0.39 is 0 Å². The number of hydrogen-bond acceptors (Lipinski definition) is 1. The summed E-state index contributed by atoms with van der Waals surface area (Å²) in [6.07, 6.45) is 4.24. The summed E-state index contributed by atoms with van der Waals surface area (Å²) < 4.78 is 0. The normalized spacial score (nSPS) is 75.3. The highest BCUT2D eigenvalue weighted by molar-refractivity contribution is 5.44. The van der Waals surface area contributed by atoms with Crippen LogP contribution in [0.15, 0.2) is 0 Å². The minimum Gasteiger partial charge on any atom is -0.324 e. The molecule has 1 heteroatoms. The van der Waals surface area contributed by atoms with E-state index >= 15 is 0 Å². The van der Waals surface area contributed by atoms with Crippen LogP contribution in [0.2, 0.25) is 0 Å². The van der Waals surface area contributed by atoms with Crippen molar-refractivity contribution in [1.29, 1.82) is 0 Å². The Kier molecular flexibility index (Phi) is 0.461. The molecule has 0 saturated heterocycles. The van der Waals surface area contributed by atoms with Crippen LogP contribution < -0.4 is 5.73 Å². The number of rotatable bonds is 0. The van der Waals surface area contributed by atoms with Crippen molar-refractivity contribution in [1.82, 2.24) is 0 Å². The lowest BCUT2D eigenvalue weighted by Crippen LogP contribution is -2.20. The van der Waals surface area contributed by atoms with Gasteiger partial charge in [0.2, 0.25) is 0 Å². The molecule has 0 bridgehead atoms. The van der Waals surface area contributed by atoms with E-state index in [-0.39, 0.29) is 0 Å². The molecular formula is C8H13N. The Bertz CT molecular complexity index is 189. The molecule has 0 aromatic heterocycles. The lowest BCUT2D eigenvalue weighted by molar-refractivity contribution is 0.427. The summed E-state index contributed by atoms with van der Waals surface area (Å²) >= 11 is 0. The van der Waals surface area contributed by atoms with Crippen molar-refractivity contribution in [3.63, 3.8) is 0 Å². The SMILES string of the molecule is CC1CCC23CC2(N)C13. The van der Waals surface area contributed by atoms with Gasteiger partial charge in [-0.15, -0.1) is 0 Å². The molecule has 0 heterocycles. The Morgan fingerprint density at radius 1 is 1.56 bits per heavy atom. The zero-order valence-electron chi connectivity index (χ0n) is 5.85. The van der Waals surface area contributed by atoms with Gasteiger partial charge in [-0.05, 0) is 36.5 Å². The minimum absolute atomic E-state index is 0.380. The largest absolute Gasteiger partial charge is 0.324 e. The Morgan fingerprint density at radius 3 is 2.56 bits per heavy atom. The van der Waals surface area contributed by atoms with Crippen LogP contribution in [0.25, 0.3) is 0 Å². The highest BCUT2D eigenvalue weighted by Crippen LogP contribution is 2.88. The summed E-state index contributed by atoms with van der Waals surface area (Å²) in [7, 11) is 0. The maximum Gasteiger partial charge on any atom is 0.0258 e. The minimum atomic E-state index is 0.380. The fraction of sp³-hybridized carbons (Fsp3) is 1.00. The Labute approximate surface area is 55.6 Å². The third kappa shape index (κ3) is 0.260. The average Bonchev–Trinajstić information content (AvgIpc) is 2.40. The molecule has 3 fully saturated rings. The lowest BCUT2D eigenvalue weighted by atomic mass is 9.99. The first-order valence-electron chi connectivity index (χ1n) is 4.00. The van der Waals surface area contributed by atoms with Crippen molar-refractivity contribution in [2.24, 2.45) is 23.0 Å². The van der Waals surface area contributed by atoms with Gasteiger partial charge in [-0.25, -0.2) is 0 Å². The molecule has 3 saturated carbocycles. The Balaban J connectivity index is 2.00. The van der Waals surface area contributed by atoms with Crippen LogP contribution in [0, 0.1) is 17.3 Å². The monoisotopic (exact) mass is 123 g/mol. The standard InChI is InChI=1S/C8H13N/c1-5-2-3-7-4-8(7,9)6(5)7/h5-6H,2-4,9H2,1H3. The van der Waals surface area contributed by atoms with Gasteiger partial charge in [0.15, 0.2) is 0 Å². The van der Waals surface area contributed by atoms with E-state index in [9.17, 15) is 0 Å². The predicted molar refractivity (Wildman–Crippen MR) is 35.9 cm³/mol. The number of hydrogen-bond donors (Lipinski definition) is 1. The second kappa shape index (κ2) is 0.878. The molecule has 0 aromatic rings. The van der Waals surface area contributed by atoms with E-state index in [0.717, 1.165) is 11.8 Å². The van der Waals surface area contributed by atoms with Crippen LogP contribution in [-0.2, 0) is 0 Å². The van der Waals surface area contributed by atoms with E-state index in [4.69, 9.17) is 5.73 Å². The van der Waals surface area contributed by atoms with Gasteiger partial charge in [-0.2, -0.15) is 0 Å². The second-order valence-electron chi connectivity index (χ2n) is 4.37. The highest BCUT2D eigenvalue weighted by atomic mass is 15.1. The van der Waals surface area contributed by atoms with Crippen LogP contribution in [-0.4, -0.2) is 5.54 Å². The van der Waals surface area contributed by atoms with E-state index in [1.165, 1.54) is 19.3 Å². The van der Waals surface area contributed by atoms with Gasteiger partial charge < -0.3 is 5.73 Å². The second-order valence-corrected chi connectivity index (χ2v) is 4.37. The first-order chi connectivity index (χ1) is 4.21.